The van der Waals surface area contributed by atoms with Gasteiger partial charge >= 0.3 is 6.09 Å². The van der Waals surface area contributed by atoms with E-state index in [1.54, 1.807) is 28.8 Å². The molecule has 1 aliphatic heterocycles. The van der Waals surface area contributed by atoms with E-state index in [1.807, 2.05) is 36.4 Å². The number of rotatable bonds is 6. The number of benzene rings is 3. The van der Waals surface area contributed by atoms with Crippen molar-refractivity contribution < 1.29 is 14.3 Å². The Morgan fingerprint density at radius 1 is 1.00 bits per heavy atom. The van der Waals surface area contributed by atoms with Gasteiger partial charge in [-0.2, -0.15) is 0 Å². The summed E-state index contributed by atoms with van der Waals surface area (Å²) in [5.41, 5.74) is 4.12. The second kappa shape index (κ2) is 9.89. The fourth-order valence-corrected chi connectivity index (χ4v) is 5.95. The number of hydrogen-bond acceptors (Lipinski definition) is 3. The normalized spacial score (nSPS) is 18.3. The molecule has 0 radical (unpaired) electrons. The van der Waals surface area contributed by atoms with Crippen LogP contribution < -0.4 is 0 Å². The summed E-state index contributed by atoms with van der Waals surface area (Å²) in [5, 5.41) is 10.9. The lowest BCUT2D eigenvalue weighted by Gasteiger charge is -2.37. The minimum absolute atomic E-state index is 0.0684. The molecule has 5 nitrogen and oxygen atoms in total. The zero-order valence-electron chi connectivity index (χ0n) is 18.7. The van der Waals surface area contributed by atoms with Gasteiger partial charge in [-0.05, 0) is 54.7 Å². The van der Waals surface area contributed by atoms with Gasteiger partial charge in [0.25, 0.3) is 0 Å². The van der Waals surface area contributed by atoms with Crippen LogP contribution in [-0.4, -0.2) is 43.5 Å². The molecule has 5 rings (SSSR count). The summed E-state index contributed by atoms with van der Waals surface area (Å²) in [5.74, 6) is -0.247. The molecule has 1 aromatic heterocycles. The van der Waals surface area contributed by atoms with E-state index in [0.717, 1.165) is 40.2 Å². The number of carboxylic acid groups (broad SMARTS) is 1. The third-order valence-electron chi connectivity index (χ3n) is 6.37. The van der Waals surface area contributed by atoms with Crippen LogP contribution >= 0.6 is 11.8 Å². The maximum Gasteiger partial charge on any atom is 0.407 e. The predicted molar refractivity (Wildman–Crippen MR) is 133 cm³/mol. The molecule has 2 unspecified atom stereocenters. The van der Waals surface area contributed by atoms with Crippen LogP contribution in [0.2, 0.25) is 0 Å². The van der Waals surface area contributed by atoms with E-state index < -0.39 is 6.09 Å². The molecular weight excluding hydrogens is 449 g/mol. The summed E-state index contributed by atoms with van der Waals surface area (Å²) in [6.45, 7) is 1.12. The number of imidazole rings is 1. The lowest BCUT2D eigenvalue weighted by atomic mass is 9.95. The monoisotopic (exact) mass is 475 g/mol. The Labute approximate surface area is 202 Å². The highest BCUT2D eigenvalue weighted by Gasteiger charge is 2.33. The first-order chi connectivity index (χ1) is 16.6. The van der Waals surface area contributed by atoms with Gasteiger partial charge in [-0.1, -0.05) is 66.4 Å². The summed E-state index contributed by atoms with van der Waals surface area (Å²) in [7, 11) is 0. The van der Waals surface area contributed by atoms with Gasteiger partial charge in [-0.15, -0.1) is 0 Å². The standard InChI is InChI=1S/C27H26FN3O2S/c28-21-12-10-20(11-13-21)18-31-25-9-5-4-8-24(25)29-26(31)34-23-14-15-30(27(32)33)22(17-23)16-19-6-2-1-3-7-19/h1-13,22-23H,14-18H2,(H,32,33). The van der Waals surface area contributed by atoms with Crippen molar-refractivity contribution in [3.63, 3.8) is 0 Å². The van der Waals surface area contributed by atoms with Crippen molar-refractivity contribution in [2.24, 2.45) is 0 Å². The van der Waals surface area contributed by atoms with E-state index in [9.17, 15) is 14.3 Å². The molecule has 2 atom stereocenters. The van der Waals surface area contributed by atoms with Crippen molar-refractivity contribution in [1.29, 1.82) is 0 Å². The van der Waals surface area contributed by atoms with Crippen LogP contribution in [0.5, 0.6) is 0 Å². The van der Waals surface area contributed by atoms with E-state index >= 15 is 0 Å². The highest BCUT2D eigenvalue weighted by Crippen LogP contribution is 2.35. The summed E-state index contributed by atoms with van der Waals surface area (Å²) < 4.78 is 15.6. The first kappa shape index (κ1) is 22.5. The number of halogens is 1. The minimum Gasteiger partial charge on any atom is -0.465 e. The summed E-state index contributed by atoms with van der Waals surface area (Å²) >= 11 is 1.73. The molecule has 2 heterocycles. The Morgan fingerprint density at radius 3 is 2.50 bits per heavy atom. The molecule has 174 valence electrons. The van der Waals surface area contributed by atoms with Gasteiger partial charge in [-0.25, -0.2) is 14.2 Å². The van der Waals surface area contributed by atoms with Crippen LogP contribution in [0.25, 0.3) is 11.0 Å². The predicted octanol–water partition coefficient (Wildman–Crippen LogP) is 6.07. The van der Waals surface area contributed by atoms with Gasteiger partial charge in [0.05, 0.1) is 17.6 Å². The smallest absolute Gasteiger partial charge is 0.407 e. The number of carbonyl (C=O) groups is 1. The zero-order valence-corrected chi connectivity index (χ0v) is 19.5. The molecule has 1 fully saturated rings. The number of thioether (sulfide) groups is 1. The molecule has 0 spiro atoms. The topological polar surface area (TPSA) is 58.4 Å². The Balaban J connectivity index is 1.39. The molecule has 1 N–H and O–H groups in total. The second-order valence-corrected chi connectivity index (χ2v) is 9.95. The SMILES string of the molecule is O=C(O)N1CCC(Sc2nc3ccccc3n2Cc2ccc(F)cc2)CC1Cc1ccccc1. The van der Waals surface area contributed by atoms with Gasteiger partial charge in [0.2, 0.25) is 0 Å². The van der Waals surface area contributed by atoms with Crippen LogP contribution in [0.15, 0.2) is 84.0 Å². The first-order valence-electron chi connectivity index (χ1n) is 11.5. The van der Waals surface area contributed by atoms with E-state index in [4.69, 9.17) is 4.98 Å². The number of fused-ring (bicyclic) bond motifs is 1. The van der Waals surface area contributed by atoms with Crippen molar-refractivity contribution in [2.75, 3.05) is 6.54 Å². The van der Waals surface area contributed by atoms with E-state index in [-0.39, 0.29) is 17.1 Å². The van der Waals surface area contributed by atoms with Gasteiger partial charge < -0.3 is 14.6 Å². The lowest BCUT2D eigenvalue weighted by Crippen LogP contribution is -2.47. The largest absolute Gasteiger partial charge is 0.465 e. The van der Waals surface area contributed by atoms with E-state index in [0.29, 0.717) is 19.5 Å². The third kappa shape index (κ3) is 4.94. The Morgan fingerprint density at radius 2 is 1.74 bits per heavy atom. The molecule has 1 aliphatic rings. The van der Waals surface area contributed by atoms with Gasteiger partial charge in [0.1, 0.15) is 5.82 Å². The van der Waals surface area contributed by atoms with Gasteiger partial charge in [0.15, 0.2) is 5.16 Å². The van der Waals surface area contributed by atoms with Crippen molar-refractivity contribution >= 4 is 28.9 Å². The van der Waals surface area contributed by atoms with Crippen LogP contribution in [0.4, 0.5) is 9.18 Å². The van der Waals surface area contributed by atoms with Gasteiger partial charge in [-0.3, -0.25) is 0 Å². The Hall–Kier alpha value is -3.32. The molecule has 7 heteroatoms. The molecule has 3 aromatic carbocycles. The number of likely N-dealkylation sites (tertiary alicyclic amines) is 1. The number of piperidine rings is 1. The number of hydrogen-bond donors (Lipinski definition) is 1. The van der Waals surface area contributed by atoms with Crippen LogP contribution in [0, 0.1) is 5.82 Å². The number of amides is 1. The highest BCUT2D eigenvalue weighted by atomic mass is 32.2. The van der Waals surface area contributed by atoms with Crippen molar-refractivity contribution in [2.45, 2.75) is 42.3 Å². The average molecular weight is 476 g/mol. The highest BCUT2D eigenvalue weighted by molar-refractivity contribution is 7.99. The maximum atomic E-state index is 13.4. The fraction of sp³-hybridized carbons (Fsp3) is 0.259. The molecule has 0 aliphatic carbocycles. The third-order valence-corrected chi connectivity index (χ3v) is 7.66. The lowest BCUT2D eigenvalue weighted by molar-refractivity contribution is 0.108. The number of nitrogens with zero attached hydrogens (tertiary/aromatic N) is 3. The number of aromatic nitrogens is 2. The Kier molecular flexibility index (Phi) is 6.54. The molecule has 0 saturated carbocycles. The van der Waals surface area contributed by atoms with E-state index in [2.05, 4.69) is 22.8 Å². The van der Waals surface area contributed by atoms with Crippen LogP contribution in [-0.2, 0) is 13.0 Å². The molecule has 4 aromatic rings. The summed E-state index contributed by atoms with van der Waals surface area (Å²) in [6, 6.07) is 24.6. The van der Waals surface area contributed by atoms with E-state index in [1.165, 1.54) is 12.1 Å². The minimum atomic E-state index is -0.854. The molecule has 1 amide bonds. The summed E-state index contributed by atoms with van der Waals surface area (Å²) in [4.78, 5) is 18.4. The zero-order chi connectivity index (χ0) is 23.5. The molecule has 1 saturated heterocycles. The fourth-order valence-electron chi connectivity index (χ4n) is 4.67. The maximum absolute atomic E-state index is 13.4. The van der Waals surface area contributed by atoms with Gasteiger partial charge in [0, 0.05) is 17.8 Å². The molecule has 0 bridgehead atoms. The van der Waals surface area contributed by atoms with Crippen molar-refractivity contribution in [1.82, 2.24) is 14.5 Å². The Bertz CT molecular complexity index is 1280. The van der Waals surface area contributed by atoms with Crippen LogP contribution in [0.1, 0.15) is 24.0 Å². The van der Waals surface area contributed by atoms with Crippen molar-refractivity contribution in [3.05, 3.63) is 95.8 Å². The quantitative estimate of drug-likeness (QED) is 0.368. The average Bonchev–Trinajstić information content (AvgIpc) is 3.18. The first-order valence-corrected chi connectivity index (χ1v) is 12.3. The summed E-state index contributed by atoms with van der Waals surface area (Å²) in [6.07, 6.45) is 1.40. The van der Waals surface area contributed by atoms with Crippen LogP contribution in [0.3, 0.4) is 0 Å². The van der Waals surface area contributed by atoms with Crippen molar-refractivity contribution in [3.8, 4) is 0 Å². The molecular formula is C27H26FN3O2S. The molecule has 34 heavy (non-hydrogen) atoms. The number of para-hydroxylation sites is 2. The second-order valence-electron chi connectivity index (χ2n) is 8.68.